The minimum Gasteiger partial charge on any atom is -0.410 e. The van der Waals surface area contributed by atoms with E-state index in [1.54, 1.807) is 12.1 Å². The third kappa shape index (κ3) is 4.12. The van der Waals surface area contributed by atoms with E-state index >= 15 is 0 Å². The number of nitrogens with one attached hydrogen (secondary N) is 2. The molecule has 31 heavy (non-hydrogen) atoms. The number of aryl methyl sites for hydroxylation is 4. The number of anilines is 1. The van der Waals surface area contributed by atoms with Gasteiger partial charge in [0.05, 0.1) is 22.7 Å². The number of H-pyrrole nitrogens is 1. The summed E-state index contributed by atoms with van der Waals surface area (Å²) in [6.07, 6.45) is -0.555. The van der Waals surface area contributed by atoms with Crippen LogP contribution in [0.2, 0.25) is 0 Å². The van der Waals surface area contributed by atoms with Gasteiger partial charge >= 0.3 is 6.09 Å². The van der Waals surface area contributed by atoms with Crippen molar-refractivity contribution in [3.63, 3.8) is 0 Å². The fourth-order valence-corrected chi connectivity index (χ4v) is 3.64. The minimum absolute atomic E-state index is 0.414. The molecule has 0 radical (unpaired) electrons. The highest BCUT2D eigenvalue weighted by atomic mass is 16.6. The van der Waals surface area contributed by atoms with Crippen LogP contribution in [-0.2, 0) is 0 Å². The highest BCUT2D eigenvalue weighted by molar-refractivity contribution is 5.88. The molecule has 0 bridgehead atoms. The number of ether oxygens (including phenoxy) is 1. The Balaban J connectivity index is 1.57. The van der Waals surface area contributed by atoms with Crippen LogP contribution in [0.5, 0.6) is 5.75 Å². The molecule has 1 amide bonds. The van der Waals surface area contributed by atoms with Crippen LogP contribution in [0.1, 0.15) is 27.8 Å². The summed E-state index contributed by atoms with van der Waals surface area (Å²) >= 11 is 0. The molecular weight excluding hydrogens is 388 g/mol. The van der Waals surface area contributed by atoms with Gasteiger partial charge < -0.3 is 9.72 Å². The van der Waals surface area contributed by atoms with E-state index in [0.29, 0.717) is 22.8 Å². The van der Waals surface area contributed by atoms with E-state index in [-0.39, 0.29) is 0 Å². The van der Waals surface area contributed by atoms with Gasteiger partial charge in [0, 0.05) is 17.3 Å². The molecule has 0 atom stereocenters. The highest BCUT2D eigenvalue weighted by Crippen LogP contribution is 2.29. The fourth-order valence-electron chi connectivity index (χ4n) is 3.64. The predicted molar refractivity (Wildman–Crippen MR) is 121 cm³/mol. The maximum absolute atomic E-state index is 12.3. The zero-order valence-corrected chi connectivity index (χ0v) is 17.8. The Morgan fingerprint density at radius 1 is 0.968 bits per heavy atom. The lowest BCUT2D eigenvalue weighted by Crippen LogP contribution is -2.16. The molecule has 3 aromatic carbocycles. The van der Waals surface area contributed by atoms with Crippen LogP contribution < -0.4 is 10.1 Å². The van der Waals surface area contributed by atoms with Crippen LogP contribution in [0.25, 0.3) is 22.4 Å². The largest absolute Gasteiger partial charge is 0.417 e. The Morgan fingerprint density at radius 2 is 1.71 bits per heavy atom. The zero-order valence-electron chi connectivity index (χ0n) is 17.8. The average molecular weight is 410 g/mol. The number of aromatic nitrogens is 2. The Bertz CT molecular complexity index is 1340. The summed E-state index contributed by atoms with van der Waals surface area (Å²) in [5, 5.41) is 11.9. The number of fused-ring (bicyclic) bond motifs is 1. The second-order valence-electron chi connectivity index (χ2n) is 7.67. The first-order chi connectivity index (χ1) is 14.8. The van der Waals surface area contributed by atoms with Gasteiger partial charge in [-0.25, -0.2) is 9.78 Å². The number of nitrogens with zero attached hydrogens (tertiary/aromatic N) is 2. The van der Waals surface area contributed by atoms with Crippen molar-refractivity contribution in [1.82, 2.24) is 9.97 Å². The molecule has 6 nitrogen and oxygen atoms in total. The lowest BCUT2D eigenvalue weighted by atomic mass is 9.99. The van der Waals surface area contributed by atoms with Crippen molar-refractivity contribution in [1.29, 1.82) is 5.26 Å². The fraction of sp³-hybridized carbons (Fsp3) is 0.160. The first kappa shape index (κ1) is 20.2. The number of rotatable bonds is 3. The summed E-state index contributed by atoms with van der Waals surface area (Å²) in [4.78, 5) is 20.3. The molecule has 1 aromatic heterocycles. The summed E-state index contributed by atoms with van der Waals surface area (Å²) in [5.74, 6) is 1.13. The number of hydrogen-bond donors (Lipinski definition) is 2. The number of aromatic amines is 1. The van der Waals surface area contributed by atoms with Crippen molar-refractivity contribution in [2.45, 2.75) is 27.7 Å². The first-order valence-corrected chi connectivity index (χ1v) is 9.91. The van der Waals surface area contributed by atoms with Crippen molar-refractivity contribution in [2.75, 3.05) is 5.32 Å². The summed E-state index contributed by atoms with van der Waals surface area (Å²) in [6, 6.07) is 16.9. The van der Waals surface area contributed by atoms with E-state index < -0.39 is 6.09 Å². The second kappa shape index (κ2) is 7.96. The smallest absolute Gasteiger partial charge is 0.410 e. The third-order valence-electron chi connectivity index (χ3n) is 5.32. The predicted octanol–water partition coefficient (Wildman–Crippen LogP) is 5.95. The maximum Gasteiger partial charge on any atom is 0.417 e. The van der Waals surface area contributed by atoms with Crippen molar-refractivity contribution in [2.24, 2.45) is 0 Å². The molecule has 4 rings (SSSR count). The van der Waals surface area contributed by atoms with Gasteiger partial charge in [0.2, 0.25) is 0 Å². The number of benzene rings is 3. The summed E-state index contributed by atoms with van der Waals surface area (Å²) in [7, 11) is 0. The number of carbonyl (C=O) groups is 1. The van der Waals surface area contributed by atoms with Crippen LogP contribution in [0.3, 0.4) is 0 Å². The normalized spacial score (nSPS) is 10.7. The van der Waals surface area contributed by atoms with Crippen LogP contribution in [0.15, 0.2) is 48.5 Å². The van der Waals surface area contributed by atoms with Crippen LogP contribution in [-0.4, -0.2) is 16.1 Å². The topological polar surface area (TPSA) is 90.8 Å². The van der Waals surface area contributed by atoms with E-state index in [2.05, 4.69) is 21.4 Å². The monoisotopic (exact) mass is 410 g/mol. The SMILES string of the molecule is Cc1ccc(NC(=O)Oc2ccc3nc(-c4c(C)cc(C#N)cc4C)[nH]c3c2)cc1C. The first-order valence-electron chi connectivity index (χ1n) is 9.91. The van der Waals surface area contributed by atoms with Gasteiger partial charge in [-0.15, -0.1) is 0 Å². The van der Waals surface area contributed by atoms with Crippen molar-refractivity contribution < 1.29 is 9.53 Å². The molecule has 0 unspecified atom stereocenters. The Hall–Kier alpha value is -4.11. The van der Waals surface area contributed by atoms with Crippen LogP contribution in [0.4, 0.5) is 10.5 Å². The van der Waals surface area contributed by atoms with E-state index in [1.165, 1.54) is 0 Å². The maximum atomic E-state index is 12.3. The van der Waals surface area contributed by atoms with Gasteiger partial charge in [-0.1, -0.05) is 6.07 Å². The Kier molecular flexibility index (Phi) is 5.18. The molecule has 0 fully saturated rings. The molecule has 0 spiro atoms. The van der Waals surface area contributed by atoms with Crippen LogP contribution in [0, 0.1) is 39.0 Å². The van der Waals surface area contributed by atoms with E-state index in [1.807, 2.05) is 64.1 Å². The van der Waals surface area contributed by atoms with E-state index in [0.717, 1.165) is 38.9 Å². The average Bonchev–Trinajstić information content (AvgIpc) is 3.12. The van der Waals surface area contributed by atoms with Gasteiger partial charge in [0.15, 0.2) is 0 Å². The third-order valence-corrected chi connectivity index (χ3v) is 5.32. The lowest BCUT2D eigenvalue weighted by molar-refractivity contribution is 0.215. The van der Waals surface area contributed by atoms with Gasteiger partial charge in [0.1, 0.15) is 11.6 Å². The molecule has 0 saturated carbocycles. The summed E-state index contributed by atoms with van der Waals surface area (Å²) in [6.45, 7) is 7.93. The molecule has 0 aliphatic heterocycles. The molecule has 0 saturated heterocycles. The second-order valence-corrected chi connectivity index (χ2v) is 7.67. The van der Waals surface area contributed by atoms with Gasteiger partial charge in [-0.2, -0.15) is 5.26 Å². The number of hydrogen-bond acceptors (Lipinski definition) is 4. The molecule has 0 aliphatic rings. The number of nitriles is 1. The molecule has 2 N–H and O–H groups in total. The molecule has 154 valence electrons. The zero-order chi connectivity index (χ0) is 22.1. The quantitative estimate of drug-likeness (QED) is 0.437. The Labute approximate surface area is 180 Å². The van der Waals surface area contributed by atoms with Gasteiger partial charge in [0.25, 0.3) is 0 Å². The molecule has 1 heterocycles. The number of imidazole rings is 1. The molecule has 0 aliphatic carbocycles. The van der Waals surface area contributed by atoms with E-state index in [4.69, 9.17) is 10.00 Å². The summed E-state index contributed by atoms with van der Waals surface area (Å²) < 4.78 is 5.46. The van der Waals surface area contributed by atoms with Crippen LogP contribution >= 0.6 is 0 Å². The standard InChI is InChI=1S/C25H22N4O2/c1-14-5-6-19(11-15(14)2)27-25(30)31-20-7-8-21-22(12-20)29-24(28-21)23-16(3)9-18(13-26)10-17(23)4/h5-12H,1-4H3,(H,27,30)(H,28,29). The highest BCUT2D eigenvalue weighted by Gasteiger charge is 2.13. The van der Waals surface area contributed by atoms with Crippen molar-refractivity contribution in [3.8, 4) is 23.2 Å². The number of carbonyl (C=O) groups excluding carboxylic acids is 1. The van der Waals surface area contributed by atoms with Crippen molar-refractivity contribution in [3.05, 3.63) is 76.3 Å². The van der Waals surface area contributed by atoms with Gasteiger partial charge in [-0.05, 0) is 86.3 Å². The minimum atomic E-state index is -0.555. The Morgan fingerprint density at radius 3 is 2.39 bits per heavy atom. The summed E-state index contributed by atoms with van der Waals surface area (Å²) in [5.41, 5.74) is 7.99. The lowest BCUT2D eigenvalue weighted by Gasteiger charge is -2.08. The number of amides is 1. The molecular formula is C25H22N4O2. The van der Waals surface area contributed by atoms with Gasteiger partial charge in [-0.3, -0.25) is 5.32 Å². The van der Waals surface area contributed by atoms with Crippen molar-refractivity contribution >= 4 is 22.8 Å². The molecule has 6 heteroatoms. The molecule has 4 aromatic rings. The van der Waals surface area contributed by atoms with E-state index in [9.17, 15) is 4.79 Å².